The summed E-state index contributed by atoms with van der Waals surface area (Å²) in [5.74, 6) is 0.434. The maximum atomic E-state index is 11.8. The van der Waals surface area contributed by atoms with Gasteiger partial charge >= 0.3 is 0 Å². The SMILES string of the molecule is CN=C(NCC(=O)Nc1cccnc1)NCc1ccsc1.I. The number of carbonyl (C=O) groups is 1. The second-order valence-electron chi connectivity index (χ2n) is 4.20. The molecule has 2 rings (SSSR count). The first-order valence-electron chi connectivity index (χ1n) is 6.43. The zero-order valence-corrected chi connectivity index (χ0v) is 15.2. The number of hydrogen-bond acceptors (Lipinski definition) is 4. The van der Waals surface area contributed by atoms with Crippen LogP contribution in [0, 0.1) is 0 Å². The number of nitrogens with zero attached hydrogens (tertiary/aromatic N) is 2. The number of anilines is 1. The molecule has 0 spiro atoms. The summed E-state index contributed by atoms with van der Waals surface area (Å²) >= 11 is 1.65. The Labute approximate surface area is 150 Å². The lowest BCUT2D eigenvalue weighted by atomic mass is 10.3. The Kier molecular flexibility index (Phi) is 8.44. The Balaban J connectivity index is 0.00000242. The zero-order valence-electron chi connectivity index (χ0n) is 12.1. The summed E-state index contributed by atoms with van der Waals surface area (Å²) in [7, 11) is 1.67. The van der Waals surface area contributed by atoms with Gasteiger partial charge in [-0.2, -0.15) is 11.3 Å². The molecular formula is C14H18IN5OS. The van der Waals surface area contributed by atoms with Crippen LogP contribution >= 0.6 is 35.3 Å². The van der Waals surface area contributed by atoms with E-state index in [1.807, 2.05) is 11.4 Å². The number of aliphatic imine (C=N–C) groups is 1. The number of amides is 1. The summed E-state index contributed by atoms with van der Waals surface area (Å²) in [6, 6.07) is 5.60. The van der Waals surface area contributed by atoms with Crippen molar-refractivity contribution in [1.29, 1.82) is 0 Å². The Morgan fingerprint density at radius 1 is 1.36 bits per heavy atom. The molecule has 0 saturated heterocycles. The average Bonchev–Trinajstić information content (AvgIpc) is 3.02. The van der Waals surface area contributed by atoms with E-state index in [1.54, 1.807) is 42.9 Å². The summed E-state index contributed by atoms with van der Waals surface area (Å²) in [5, 5.41) is 12.9. The molecule has 22 heavy (non-hydrogen) atoms. The summed E-state index contributed by atoms with van der Waals surface area (Å²) < 4.78 is 0. The highest BCUT2D eigenvalue weighted by Crippen LogP contribution is 2.04. The summed E-state index contributed by atoms with van der Waals surface area (Å²) in [6.07, 6.45) is 3.26. The molecule has 0 atom stereocenters. The van der Waals surface area contributed by atoms with Crippen LogP contribution in [0.15, 0.2) is 46.3 Å². The fraction of sp³-hybridized carbons (Fsp3) is 0.214. The first-order valence-corrected chi connectivity index (χ1v) is 7.37. The van der Waals surface area contributed by atoms with E-state index in [1.165, 1.54) is 5.56 Å². The van der Waals surface area contributed by atoms with Gasteiger partial charge in [0.2, 0.25) is 5.91 Å². The van der Waals surface area contributed by atoms with E-state index in [0.717, 1.165) is 0 Å². The molecule has 0 aliphatic rings. The third-order valence-electron chi connectivity index (χ3n) is 2.63. The standard InChI is InChI=1S/C14H17N5OS.HI/c1-15-14(17-7-11-4-6-21-10-11)18-9-13(20)19-12-3-2-5-16-8-12;/h2-6,8,10H,7,9H2,1H3,(H,19,20)(H2,15,17,18);1H. The highest BCUT2D eigenvalue weighted by atomic mass is 127. The van der Waals surface area contributed by atoms with Crippen LogP contribution in [0.3, 0.4) is 0 Å². The lowest BCUT2D eigenvalue weighted by Gasteiger charge is -2.11. The molecule has 8 heteroatoms. The van der Waals surface area contributed by atoms with E-state index in [0.29, 0.717) is 18.2 Å². The Hall–Kier alpha value is -1.68. The van der Waals surface area contributed by atoms with Crippen molar-refractivity contribution in [2.75, 3.05) is 18.9 Å². The second-order valence-corrected chi connectivity index (χ2v) is 4.98. The van der Waals surface area contributed by atoms with Crippen LogP contribution < -0.4 is 16.0 Å². The van der Waals surface area contributed by atoms with Gasteiger partial charge in [0.1, 0.15) is 0 Å². The second kappa shape index (κ2) is 10.1. The Bertz CT molecular complexity index is 589. The van der Waals surface area contributed by atoms with Crippen molar-refractivity contribution in [2.45, 2.75) is 6.54 Å². The lowest BCUT2D eigenvalue weighted by Crippen LogP contribution is -2.41. The summed E-state index contributed by atoms with van der Waals surface area (Å²) in [5.41, 5.74) is 1.85. The minimum Gasteiger partial charge on any atom is -0.352 e. The largest absolute Gasteiger partial charge is 0.352 e. The van der Waals surface area contributed by atoms with Crippen molar-refractivity contribution in [2.24, 2.45) is 4.99 Å². The maximum absolute atomic E-state index is 11.8. The first-order chi connectivity index (χ1) is 10.3. The number of thiophene rings is 1. The minimum absolute atomic E-state index is 0. The third-order valence-corrected chi connectivity index (χ3v) is 3.36. The van der Waals surface area contributed by atoms with Crippen LogP contribution in [0.1, 0.15) is 5.56 Å². The van der Waals surface area contributed by atoms with Crippen molar-refractivity contribution in [3.8, 4) is 0 Å². The Morgan fingerprint density at radius 2 is 2.23 bits per heavy atom. The first kappa shape index (κ1) is 18.4. The number of halogens is 1. The molecule has 0 saturated carbocycles. The van der Waals surface area contributed by atoms with Gasteiger partial charge in [0.05, 0.1) is 18.4 Å². The smallest absolute Gasteiger partial charge is 0.243 e. The number of carbonyl (C=O) groups excluding carboxylic acids is 1. The van der Waals surface area contributed by atoms with Crippen molar-refractivity contribution in [3.63, 3.8) is 0 Å². The molecule has 0 unspecified atom stereocenters. The van der Waals surface area contributed by atoms with E-state index in [-0.39, 0.29) is 36.4 Å². The van der Waals surface area contributed by atoms with Crippen molar-refractivity contribution < 1.29 is 4.79 Å². The number of aromatic nitrogens is 1. The number of rotatable bonds is 5. The van der Waals surface area contributed by atoms with Gasteiger partial charge in [0, 0.05) is 19.8 Å². The minimum atomic E-state index is -0.151. The van der Waals surface area contributed by atoms with Crippen molar-refractivity contribution in [3.05, 3.63) is 46.9 Å². The van der Waals surface area contributed by atoms with E-state index < -0.39 is 0 Å². The quantitative estimate of drug-likeness (QED) is 0.385. The lowest BCUT2D eigenvalue weighted by molar-refractivity contribution is -0.115. The van der Waals surface area contributed by atoms with Gasteiger partial charge in [0.25, 0.3) is 0 Å². The molecule has 0 aliphatic carbocycles. The van der Waals surface area contributed by atoms with Gasteiger partial charge in [-0.3, -0.25) is 14.8 Å². The predicted octanol–water partition coefficient (Wildman–Crippen LogP) is 2.06. The van der Waals surface area contributed by atoms with Crippen molar-refractivity contribution >= 4 is 52.9 Å². The molecule has 0 bridgehead atoms. The van der Waals surface area contributed by atoms with E-state index in [2.05, 4.69) is 31.3 Å². The van der Waals surface area contributed by atoms with E-state index in [9.17, 15) is 4.79 Å². The van der Waals surface area contributed by atoms with Crippen LogP contribution in [0.25, 0.3) is 0 Å². The van der Waals surface area contributed by atoms with Gasteiger partial charge in [-0.1, -0.05) is 0 Å². The molecule has 0 aliphatic heterocycles. The van der Waals surface area contributed by atoms with Crippen molar-refractivity contribution in [1.82, 2.24) is 15.6 Å². The third kappa shape index (κ3) is 6.39. The molecule has 0 fully saturated rings. The number of pyridine rings is 1. The van der Waals surface area contributed by atoms with E-state index >= 15 is 0 Å². The normalized spacial score (nSPS) is 10.5. The van der Waals surface area contributed by atoms with Gasteiger partial charge in [-0.15, -0.1) is 24.0 Å². The number of guanidine groups is 1. The van der Waals surface area contributed by atoms with Crippen LogP contribution in [-0.2, 0) is 11.3 Å². The molecule has 2 aromatic heterocycles. The maximum Gasteiger partial charge on any atom is 0.243 e. The fourth-order valence-electron chi connectivity index (χ4n) is 1.61. The Morgan fingerprint density at radius 3 is 2.86 bits per heavy atom. The van der Waals surface area contributed by atoms with Crippen LogP contribution in [-0.4, -0.2) is 30.4 Å². The van der Waals surface area contributed by atoms with E-state index in [4.69, 9.17) is 0 Å². The molecule has 0 aromatic carbocycles. The zero-order chi connectivity index (χ0) is 14.9. The molecule has 0 radical (unpaired) electrons. The average molecular weight is 431 g/mol. The molecule has 2 aromatic rings. The monoisotopic (exact) mass is 431 g/mol. The summed E-state index contributed by atoms with van der Waals surface area (Å²) in [4.78, 5) is 19.8. The molecule has 118 valence electrons. The molecule has 3 N–H and O–H groups in total. The highest BCUT2D eigenvalue weighted by Gasteiger charge is 2.04. The van der Waals surface area contributed by atoms with Gasteiger partial charge in [-0.25, -0.2) is 0 Å². The van der Waals surface area contributed by atoms with Crippen LogP contribution in [0.4, 0.5) is 5.69 Å². The van der Waals surface area contributed by atoms with Crippen LogP contribution in [0.5, 0.6) is 0 Å². The topological polar surface area (TPSA) is 78.4 Å². The van der Waals surface area contributed by atoms with Gasteiger partial charge in [-0.05, 0) is 34.5 Å². The van der Waals surface area contributed by atoms with Gasteiger partial charge < -0.3 is 16.0 Å². The molecule has 6 nitrogen and oxygen atoms in total. The number of hydrogen-bond donors (Lipinski definition) is 3. The van der Waals surface area contributed by atoms with Gasteiger partial charge in [0.15, 0.2) is 5.96 Å². The fourth-order valence-corrected chi connectivity index (χ4v) is 2.27. The highest BCUT2D eigenvalue weighted by molar-refractivity contribution is 14.0. The van der Waals surface area contributed by atoms with Crippen LogP contribution in [0.2, 0.25) is 0 Å². The predicted molar refractivity (Wildman–Crippen MR) is 101 cm³/mol. The molecule has 2 heterocycles. The summed E-state index contributed by atoms with van der Waals surface area (Å²) in [6.45, 7) is 0.811. The number of nitrogens with one attached hydrogen (secondary N) is 3. The molecular weight excluding hydrogens is 413 g/mol. The molecule has 1 amide bonds.